The molecule has 0 heterocycles. The van der Waals surface area contributed by atoms with Crippen molar-refractivity contribution in [3.8, 4) is 0 Å². The molecule has 0 aromatic heterocycles. The fourth-order valence-electron chi connectivity index (χ4n) is 0.629. The van der Waals surface area contributed by atoms with Crippen LogP contribution >= 0.6 is 12.0 Å². The van der Waals surface area contributed by atoms with Gasteiger partial charge in [-0.05, 0) is 24.3 Å². The standard InChI is InChI=1S/C6H6N2O3S.Li/c7-8-5-1-3-6(4-2-5)12-11-10-9;/h1-4,7,9H;/q;+1/p-1. The van der Waals surface area contributed by atoms with Crippen LogP contribution in [0.2, 0.25) is 0 Å². The van der Waals surface area contributed by atoms with E-state index in [9.17, 15) is 5.26 Å². The van der Waals surface area contributed by atoms with Crippen molar-refractivity contribution in [2.45, 2.75) is 4.90 Å². The maximum absolute atomic E-state index is 9.43. The monoisotopic (exact) mass is 192 g/mol. The van der Waals surface area contributed by atoms with Crippen LogP contribution in [-0.2, 0) is 9.37 Å². The third-order valence-corrected chi connectivity index (χ3v) is 1.71. The molecule has 1 N–H and O–H groups in total. The zero-order chi connectivity index (χ0) is 8.81. The van der Waals surface area contributed by atoms with E-state index in [-0.39, 0.29) is 18.9 Å². The summed E-state index contributed by atoms with van der Waals surface area (Å²) in [7, 11) is 0. The second-order valence-corrected chi connectivity index (χ2v) is 2.60. The number of benzene rings is 1. The molecule has 64 valence electrons. The summed E-state index contributed by atoms with van der Waals surface area (Å²) < 4.78 is 4.08. The van der Waals surface area contributed by atoms with E-state index in [1.54, 1.807) is 24.3 Å². The Bertz CT molecular complexity index is 257. The summed E-state index contributed by atoms with van der Waals surface area (Å²) in [5.41, 5.74) is 7.21. The van der Waals surface area contributed by atoms with Crippen molar-refractivity contribution >= 4 is 17.7 Å². The summed E-state index contributed by atoms with van der Waals surface area (Å²) in [6, 6.07) is 6.58. The van der Waals surface area contributed by atoms with E-state index in [1.165, 1.54) is 0 Å². The predicted octanol–water partition coefficient (Wildman–Crippen LogP) is -1.42. The van der Waals surface area contributed by atoms with Crippen molar-refractivity contribution in [1.29, 1.82) is 5.53 Å². The van der Waals surface area contributed by atoms with E-state index in [0.29, 0.717) is 10.6 Å². The van der Waals surface area contributed by atoms with Crippen LogP contribution in [-0.4, -0.2) is 0 Å². The molecule has 0 spiro atoms. The van der Waals surface area contributed by atoms with Crippen LogP contribution in [0.15, 0.2) is 34.3 Å². The Balaban J connectivity index is 0.00000144. The quantitative estimate of drug-likeness (QED) is 0.209. The van der Waals surface area contributed by atoms with Gasteiger partial charge in [-0.1, -0.05) is 0 Å². The van der Waals surface area contributed by atoms with Crippen LogP contribution in [0.5, 0.6) is 0 Å². The van der Waals surface area contributed by atoms with Gasteiger partial charge in [0.15, 0.2) is 0 Å². The number of nitrogens with zero attached hydrogens (tertiary/aromatic N) is 1. The third kappa shape index (κ3) is 4.43. The maximum atomic E-state index is 9.43. The normalized spacial score (nSPS) is 9.00. The van der Waals surface area contributed by atoms with E-state index >= 15 is 0 Å². The van der Waals surface area contributed by atoms with Crippen LogP contribution in [0.25, 0.3) is 0 Å². The molecule has 0 saturated carbocycles. The van der Waals surface area contributed by atoms with Crippen molar-refractivity contribution in [3.63, 3.8) is 0 Å². The minimum Gasteiger partial charge on any atom is -0.691 e. The predicted molar refractivity (Wildman–Crippen MR) is 39.3 cm³/mol. The Labute approximate surface area is 91.2 Å². The Morgan fingerprint density at radius 3 is 2.38 bits per heavy atom. The van der Waals surface area contributed by atoms with Crippen LogP contribution in [0.3, 0.4) is 0 Å². The summed E-state index contributed by atoms with van der Waals surface area (Å²) in [5.74, 6) is 0. The third-order valence-electron chi connectivity index (χ3n) is 1.12. The largest absolute Gasteiger partial charge is 1.00 e. The molecule has 0 unspecified atom stereocenters. The van der Waals surface area contributed by atoms with Gasteiger partial charge < -0.3 is 5.26 Å². The number of rotatable bonds is 4. The molecule has 0 bridgehead atoms. The average Bonchev–Trinajstić information content (AvgIpc) is 2.15. The van der Waals surface area contributed by atoms with Gasteiger partial charge in [-0.15, -0.1) is 0 Å². The minimum atomic E-state index is 0. The van der Waals surface area contributed by atoms with Crippen LogP contribution in [0.4, 0.5) is 5.69 Å². The van der Waals surface area contributed by atoms with E-state index in [2.05, 4.69) is 14.5 Å². The van der Waals surface area contributed by atoms with Crippen LogP contribution < -0.4 is 24.1 Å². The van der Waals surface area contributed by atoms with Gasteiger partial charge in [-0.3, -0.25) is 5.04 Å². The van der Waals surface area contributed by atoms with E-state index in [1.807, 2.05) is 0 Å². The van der Waals surface area contributed by atoms with Crippen LogP contribution in [0.1, 0.15) is 0 Å². The van der Waals surface area contributed by atoms with Gasteiger partial charge in [-0.2, -0.15) is 9.45 Å². The molecule has 1 rings (SSSR count). The Morgan fingerprint density at radius 1 is 1.31 bits per heavy atom. The molecule has 0 radical (unpaired) electrons. The zero-order valence-corrected chi connectivity index (χ0v) is 7.71. The molecule has 0 saturated heterocycles. The van der Waals surface area contributed by atoms with Crippen molar-refractivity contribution in [1.82, 2.24) is 0 Å². The SMILES string of the molecule is N=Nc1ccc(SOO[O-])cc1.[Li+]. The maximum Gasteiger partial charge on any atom is 1.00 e. The minimum absolute atomic E-state index is 0. The molecular formula is C6H5LiN2O3S. The molecule has 0 aliphatic carbocycles. The van der Waals surface area contributed by atoms with Crippen molar-refractivity contribution in [2.75, 3.05) is 0 Å². The van der Waals surface area contributed by atoms with Gasteiger partial charge in [0.05, 0.1) is 17.7 Å². The molecule has 5 nitrogen and oxygen atoms in total. The molecule has 1 aromatic rings. The first kappa shape index (κ1) is 12.6. The Kier molecular flexibility index (Phi) is 6.90. The summed E-state index contributed by atoms with van der Waals surface area (Å²) >= 11 is 0.802. The Hall–Kier alpha value is -0.353. The molecular weight excluding hydrogens is 187 g/mol. The molecule has 7 heteroatoms. The summed E-state index contributed by atoms with van der Waals surface area (Å²) in [6.07, 6.45) is 0. The van der Waals surface area contributed by atoms with Crippen LogP contribution in [0, 0.1) is 5.53 Å². The summed E-state index contributed by atoms with van der Waals surface area (Å²) in [6.45, 7) is 0. The molecule has 0 aliphatic heterocycles. The van der Waals surface area contributed by atoms with Crippen molar-refractivity contribution in [3.05, 3.63) is 24.3 Å². The average molecular weight is 192 g/mol. The molecule has 0 atom stereocenters. The first-order valence-corrected chi connectivity index (χ1v) is 3.71. The topological polar surface area (TPSA) is 77.7 Å². The molecule has 1 aromatic carbocycles. The molecule has 0 amide bonds. The molecule has 13 heavy (non-hydrogen) atoms. The number of hydrogen-bond donors (Lipinski definition) is 1. The first-order chi connectivity index (χ1) is 5.86. The van der Waals surface area contributed by atoms with Gasteiger partial charge in [0.2, 0.25) is 0 Å². The van der Waals surface area contributed by atoms with Gasteiger partial charge in [0, 0.05) is 4.90 Å². The number of nitrogens with one attached hydrogen (secondary N) is 1. The number of hydrogen-bond acceptors (Lipinski definition) is 6. The second kappa shape index (κ2) is 7.09. The van der Waals surface area contributed by atoms with Gasteiger partial charge >= 0.3 is 18.9 Å². The van der Waals surface area contributed by atoms with Gasteiger partial charge in [-0.25, -0.2) is 5.53 Å². The van der Waals surface area contributed by atoms with E-state index < -0.39 is 0 Å². The fraction of sp³-hybridized carbons (Fsp3) is 0. The fourth-order valence-corrected chi connectivity index (χ4v) is 0.983. The van der Waals surface area contributed by atoms with Crippen molar-refractivity contribution in [2.24, 2.45) is 5.11 Å². The van der Waals surface area contributed by atoms with E-state index in [0.717, 1.165) is 12.0 Å². The van der Waals surface area contributed by atoms with Gasteiger partial charge in [0.25, 0.3) is 0 Å². The zero-order valence-electron chi connectivity index (χ0n) is 6.89. The Morgan fingerprint density at radius 2 is 1.92 bits per heavy atom. The smallest absolute Gasteiger partial charge is 0.691 e. The van der Waals surface area contributed by atoms with Crippen molar-refractivity contribution < 1.29 is 33.5 Å². The van der Waals surface area contributed by atoms with Gasteiger partial charge in [0.1, 0.15) is 0 Å². The summed E-state index contributed by atoms with van der Waals surface area (Å²) in [5, 5.41) is 15.8. The molecule has 0 aliphatic rings. The first-order valence-electron chi connectivity index (χ1n) is 2.97. The van der Waals surface area contributed by atoms with E-state index in [4.69, 9.17) is 5.53 Å². The summed E-state index contributed by atoms with van der Waals surface area (Å²) in [4.78, 5) is 0.707. The second-order valence-electron chi connectivity index (χ2n) is 1.83. The molecule has 0 fully saturated rings.